The van der Waals surface area contributed by atoms with Gasteiger partial charge in [-0.25, -0.2) is 4.98 Å². The van der Waals surface area contributed by atoms with Crippen LogP contribution < -0.4 is 15.4 Å². The average molecular weight is 284 g/mol. The van der Waals surface area contributed by atoms with Gasteiger partial charge >= 0.3 is 0 Å². The van der Waals surface area contributed by atoms with E-state index >= 15 is 0 Å². The fourth-order valence-corrected chi connectivity index (χ4v) is 2.10. The lowest BCUT2D eigenvalue weighted by molar-refractivity contribution is 0.342. The first-order valence-corrected chi connectivity index (χ1v) is 7.35. The maximum Gasteiger partial charge on any atom is 0.225 e. The van der Waals surface area contributed by atoms with Crippen molar-refractivity contribution in [3.63, 3.8) is 0 Å². The van der Waals surface area contributed by atoms with Crippen molar-refractivity contribution < 1.29 is 4.74 Å². The zero-order valence-corrected chi connectivity index (χ0v) is 12.4. The van der Waals surface area contributed by atoms with Crippen LogP contribution in [0, 0.1) is 6.92 Å². The highest BCUT2D eigenvalue weighted by atomic mass is 16.5. The van der Waals surface area contributed by atoms with Crippen LogP contribution in [0.4, 0.5) is 17.5 Å². The molecule has 2 N–H and O–H groups in total. The van der Waals surface area contributed by atoms with Crippen molar-refractivity contribution in [3.05, 3.63) is 36.0 Å². The third kappa shape index (κ3) is 3.62. The van der Waals surface area contributed by atoms with Gasteiger partial charge in [0.1, 0.15) is 11.6 Å². The Labute approximate surface area is 124 Å². The smallest absolute Gasteiger partial charge is 0.225 e. The molecule has 0 atom stereocenters. The number of anilines is 3. The largest absolute Gasteiger partial charge is 0.492 e. The van der Waals surface area contributed by atoms with E-state index in [1.54, 1.807) is 0 Å². The van der Waals surface area contributed by atoms with Gasteiger partial charge in [-0.3, -0.25) is 0 Å². The lowest BCUT2D eigenvalue weighted by Gasteiger charge is -2.13. The lowest BCUT2D eigenvalue weighted by Crippen LogP contribution is -2.08. The molecule has 110 valence electrons. The van der Waals surface area contributed by atoms with Crippen molar-refractivity contribution in [1.82, 2.24) is 9.97 Å². The van der Waals surface area contributed by atoms with Crippen LogP contribution in [-0.2, 0) is 0 Å². The molecule has 2 aromatic rings. The Morgan fingerprint density at radius 1 is 1.24 bits per heavy atom. The summed E-state index contributed by atoms with van der Waals surface area (Å²) in [5, 5.41) is 6.65. The molecule has 1 heterocycles. The van der Waals surface area contributed by atoms with Crippen molar-refractivity contribution in [1.29, 1.82) is 0 Å². The van der Waals surface area contributed by atoms with Gasteiger partial charge in [-0.2, -0.15) is 4.98 Å². The summed E-state index contributed by atoms with van der Waals surface area (Å²) in [6.07, 6.45) is 2.40. The van der Waals surface area contributed by atoms with Crippen LogP contribution in [0.1, 0.15) is 25.5 Å². The zero-order chi connectivity index (χ0) is 14.7. The number of hydrogen-bond donors (Lipinski definition) is 2. The molecular weight excluding hydrogens is 264 g/mol. The molecule has 1 aromatic heterocycles. The highest BCUT2D eigenvalue weighted by molar-refractivity contribution is 5.64. The summed E-state index contributed by atoms with van der Waals surface area (Å²) in [4.78, 5) is 8.94. The fraction of sp³-hybridized carbons (Fsp3) is 0.375. The highest BCUT2D eigenvalue weighted by Gasteiger charge is 2.22. The SMILES string of the molecule is CCOc1ccccc1Nc1cc(C)nc(NC2CC2)n1. The van der Waals surface area contributed by atoms with Crippen molar-refractivity contribution in [2.45, 2.75) is 32.7 Å². The van der Waals surface area contributed by atoms with Gasteiger partial charge in [0.25, 0.3) is 0 Å². The molecule has 0 saturated heterocycles. The topological polar surface area (TPSA) is 59.1 Å². The van der Waals surface area contributed by atoms with Crippen LogP contribution in [0.5, 0.6) is 5.75 Å². The number of ether oxygens (including phenoxy) is 1. The Hall–Kier alpha value is -2.30. The van der Waals surface area contributed by atoms with Gasteiger partial charge in [0.05, 0.1) is 12.3 Å². The third-order valence-corrected chi connectivity index (χ3v) is 3.21. The number of para-hydroxylation sites is 2. The van der Waals surface area contributed by atoms with Crippen LogP contribution in [0.2, 0.25) is 0 Å². The van der Waals surface area contributed by atoms with Gasteiger partial charge in [-0.05, 0) is 38.8 Å². The minimum absolute atomic E-state index is 0.537. The summed E-state index contributed by atoms with van der Waals surface area (Å²) in [7, 11) is 0. The maximum atomic E-state index is 5.62. The predicted octanol–water partition coefficient (Wildman–Crippen LogP) is 3.50. The van der Waals surface area contributed by atoms with Crippen molar-refractivity contribution >= 4 is 17.5 Å². The molecule has 0 bridgehead atoms. The summed E-state index contributed by atoms with van der Waals surface area (Å²) in [6, 6.07) is 10.3. The molecule has 3 rings (SSSR count). The quantitative estimate of drug-likeness (QED) is 0.850. The molecule has 0 amide bonds. The maximum absolute atomic E-state index is 5.62. The molecule has 1 aliphatic carbocycles. The van der Waals surface area contributed by atoms with E-state index in [0.29, 0.717) is 18.6 Å². The van der Waals surface area contributed by atoms with Gasteiger partial charge in [-0.15, -0.1) is 0 Å². The van der Waals surface area contributed by atoms with Crippen LogP contribution in [0.3, 0.4) is 0 Å². The minimum Gasteiger partial charge on any atom is -0.492 e. The van der Waals surface area contributed by atoms with E-state index in [2.05, 4.69) is 20.6 Å². The molecule has 1 aromatic carbocycles. The second kappa shape index (κ2) is 5.99. The Balaban J connectivity index is 1.81. The highest BCUT2D eigenvalue weighted by Crippen LogP contribution is 2.28. The standard InChI is InChI=1S/C16H20N4O/c1-3-21-14-7-5-4-6-13(14)19-15-10-11(2)17-16(20-15)18-12-8-9-12/h4-7,10,12H,3,8-9H2,1-2H3,(H2,17,18,19,20). The Morgan fingerprint density at radius 3 is 2.81 bits per heavy atom. The Morgan fingerprint density at radius 2 is 2.05 bits per heavy atom. The zero-order valence-electron chi connectivity index (χ0n) is 12.4. The lowest BCUT2D eigenvalue weighted by atomic mass is 10.3. The van der Waals surface area contributed by atoms with Gasteiger partial charge in [-0.1, -0.05) is 12.1 Å². The predicted molar refractivity (Wildman–Crippen MR) is 84.3 cm³/mol. The molecule has 1 aliphatic rings. The number of aryl methyl sites for hydroxylation is 1. The van der Waals surface area contributed by atoms with Crippen LogP contribution in [0.25, 0.3) is 0 Å². The molecule has 0 radical (unpaired) electrons. The van der Waals surface area contributed by atoms with Gasteiger partial charge in [0.2, 0.25) is 5.95 Å². The van der Waals surface area contributed by atoms with E-state index in [0.717, 1.165) is 22.9 Å². The second-order valence-electron chi connectivity index (χ2n) is 5.19. The molecule has 5 nitrogen and oxygen atoms in total. The first-order valence-electron chi connectivity index (χ1n) is 7.35. The van der Waals surface area contributed by atoms with Crippen molar-refractivity contribution in [3.8, 4) is 5.75 Å². The molecule has 0 spiro atoms. The van der Waals surface area contributed by atoms with Crippen molar-refractivity contribution in [2.75, 3.05) is 17.2 Å². The number of nitrogens with one attached hydrogen (secondary N) is 2. The van der Waals surface area contributed by atoms with Gasteiger partial charge < -0.3 is 15.4 Å². The van der Waals surface area contributed by atoms with Crippen LogP contribution in [0.15, 0.2) is 30.3 Å². The van der Waals surface area contributed by atoms with Gasteiger partial charge in [0.15, 0.2) is 0 Å². The summed E-state index contributed by atoms with van der Waals surface area (Å²) in [6.45, 7) is 4.58. The molecule has 0 aliphatic heterocycles. The number of aromatic nitrogens is 2. The molecule has 1 saturated carbocycles. The molecule has 1 fully saturated rings. The van der Waals surface area contributed by atoms with Crippen LogP contribution >= 0.6 is 0 Å². The number of nitrogens with zero attached hydrogens (tertiary/aromatic N) is 2. The van der Waals surface area contributed by atoms with E-state index < -0.39 is 0 Å². The number of benzene rings is 1. The monoisotopic (exact) mass is 284 g/mol. The van der Waals surface area contributed by atoms with Crippen molar-refractivity contribution in [2.24, 2.45) is 0 Å². The average Bonchev–Trinajstić information content (AvgIpc) is 3.24. The normalized spacial score (nSPS) is 13.8. The third-order valence-electron chi connectivity index (χ3n) is 3.21. The summed E-state index contributed by atoms with van der Waals surface area (Å²) >= 11 is 0. The molecule has 21 heavy (non-hydrogen) atoms. The van der Waals surface area contributed by atoms with E-state index in [1.807, 2.05) is 44.2 Å². The van der Waals surface area contributed by atoms with Crippen LogP contribution in [-0.4, -0.2) is 22.6 Å². The van der Waals surface area contributed by atoms with E-state index in [9.17, 15) is 0 Å². The Bertz CT molecular complexity index is 625. The number of hydrogen-bond acceptors (Lipinski definition) is 5. The Kier molecular flexibility index (Phi) is 3.90. The fourth-order valence-electron chi connectivity index (χ4n) is 2.10. The summed E-state index contributed by atoms with van der Waals surface area (Å²) < 4.78 is 5.62. The number of rotatable bonds is 6. The first-order chi connectivity index (χ1) is 10.2. The minimum atomic E-state index is 0.537. The molecule has 5 heteroatoms. The van der Waals surface area contributed by atoms with E-state index in [1.165, 1.54) is 12.8 Å². The first kappa shape index (κ1) is 13.7. The van der Waals surface area contributed by atoms with E-state index in [-0.39, 0.29) is 0 Å². The van der Waals surface area contributed by atoms with Gasteiger partial charge in [0, 0.05) is 17.8 Å². The molecule has 0 unspecified atom stereocenters. The molecular formula is C16H20N4O. The second-order valence-corrected chi connectivity index (χ2v) is 5.19. The summed E-state index contributed by atoms with van der Waals surface area (Å²) in [5.41, 5.74) is 1.85. The van der Waals surface area contributed by atoms with E-state index in [4.69, 9.17) is 4.74 Å². The summed E-state index contributed by atoms with van der Waals surface area (Å²) in [5.74, 6) is 2.29.